The van der Waals surface area contributed by atoms with E-state index in [0.29, 0.717) is 41.9 Å². The van der Waals surface area contributed by atoms with E-state index >= 15 is 0 Å². The summed E-state index contributed by atoms with van der Waals surface area (Å²) in [5.41, 5.74) is 1.38. The van der Waals surface area contributed by atoms with Crippen LogP contribution in [0.1, 0.15) is 5.56 Å². The van der Waals surface area contributed by atoms with Gasteiger partial charge in [0.05, 0.1) is 14.2 Å². The molecular weight excluding hydrogens is 322 g/mol. The van der Waals surface area contributed by atoms with Crippen molar-refractivity contribution in [3.05, 3.63) is 48.0 Å². The SMILES string of the molecule is COc1cccc(/C=C/C(=O)Nc2ccc3c(c2)OCCO3)c1OC. The van der Waals surface area contributed by atoms with Gasteiger partial charge in [0.25, 0.3) is 0 Å². The topological polar surface area (TPSA) is 66.0 Å². The lowest BCUT2D eigenvalue weighted by Crippen LogP contribution is -2.16. The molecule has 0 bridgehead atoms. The fraction of sp³-hybridized carbons (Fsp3) is 0.211. The van der Waals surface area contributed by atoms with Crippen molar-refractivity contribution < 1.29 is 23.7 Å². The van der Waals surface area contributed by atoms with Gasteiger partial charge in [-0.1, -0.05) is 12.1 Å². The number of benzene rings is 2. The lowest BCUT2D eigenvalue weighted by molar-refractivity contribution is -0.111. The molecule has 6 nitrogen and oxygen atoms in total. The van der Waals surface area contributed by atoms with E-state index in [-0.39, 0.29) is 5.91 Å². The molecule has 1 aliphatic rings. The van der Waals surface area contributed by atoms with Crippen LogP contribution < -0.4 is 24.3 Å². The maximum atomic E-state index is 12.2. The van der Waals surface area contributed by atoms with Crippen LogP contribution in [0.25, 0.3) is 6.08 Å². The highest BCUT2D eigenvalue weighted by Gasteiger charge is 2.12. The number of anilines is 1. The Morgan fingerprint density at radius 2 is 1.88 bits per heavy atom. The summed E-state index contributed by atoms with van der Waals surface area (Å²) in [5.74, 6) is 2.23. The van der Waals surface area contributed by atoms with Crippen molar-refractivity contribution in [3.63, 3.8) is 0 Å². The summed E-state index contributed by atoms with van der Waals surface area (Å²) in [5, 5.41) is 2.80. The molecule has 0 unspecified atom stereocenters. The van der Waals surface area contributed by atoms with Crippen LogP contribution in [0.15, 0.2) is 42.5 Å². The molecule has 1 amide bonds. The van der Waals surface area contributed by atoms with Gasteiger partial charge in [0.2, 0.25) is 5.91 Å². The Bertz CT molecular complexity index is 800. The van der Waals surface area contributed by atoms with Gasteiger partial charge in [0, 0.05) is 23.4 Å². The highest BCUT2D eigenvalue weighted by atomic mass is 16.6. The minimum atomic E-state index is -0.262. The predicted octanol–water partition coefficient (Wildman–Crippen LogP) is 3.13. The fourth-order valence-electron chi connectivity index (χ4n) is 2.51. The van der Waals surface area contributed by atoms with Crippen molar-refractivity contribution in [3.8, 4) is 23.0 Å². The third-order valence-corrected chi connectivity index (χ3v) is 3.66. The zero-order valence-corrected chi connectivity index (χ0v) is 14.1. The van der Waals surface area contributed by atoms with Gasteiger partial charge in [0.1, 0.15) is 13.2 Å². The van der Waals surface area contributed by atoms with Crippen LogP contribution in [0.5, 0.6) is 23.0 Å². The van der Waals surface area contributed by atoms with Crippen molar-refractivity contribution in [1.29, 1.82) is 0 Å². The number of fused-ring (bicyclic) bond motifs is 1. The van der Waals surface area contributed by atoms with E-state index in [2.05, 4.69) is 5.32 Å². The number of hydrogen-bond acceptors (Lipinski definition) is 5. The Morgan fingerprint density at radius 1 is 1.08 bits per heavy atom. The molecule has 0 atom stereocenters. The molecule has 1 aliphatic heterocycles. The second-order valence-corrected chi connectivity index (χ2v) is 5.26. The van der Waals surface area contributed by atoms with Crippen molar-refractivity contribution in [2.75, 3.05) is 32.8 Å². The maximum absolute atomic E-state index is 12.2. The average molecular weight is 341 g/mol. The lowest BCUT2D eigenvalue weighted by atomic mass is 10.1. The quantitative estimate of drug-likeness (QED) is 0.847. The number of amides is 1. The van der Waals surface area contributed by atoms with E-state index < -0.39 is 0 Å². The van der Waals surface area contributed by atoms with Crippen molar-refractivity contribution >= 4 is 17.7 Å². The second-order valence-electron chi connectivity index (χ2n) is 5.26. The van der Waals surface area contributed by atoms with E-state index in [1.807, 2.05) is 12.1 Å². The summed E-state index contributed by atoms with van der Waals surface area (Å²) in [6.07, 6.45) is 3.11. The van der Waals surface area contributed by atoms with Gasteiger partial charge in [-0.3, -0.25) is 4.79 Å². The monoisotopic (exact) mass is 341 g/mol. The molecular formula is C19H19NO5. The Labute approximate surface area is 146 Å². The smallest absolute Gasteiger partial charge is 0.248 e. The molecule has 2 aromatic carbocycles. The standard InChI is InChI=1S/C19H19NO5/c1-22-16-5-3-4-13(19(16)23-2)6-9-18(21)20-14-7-8-15-17(12-14)25-11-10-24-15/h3-9,12H,10-11H2,1-2H3,(H,20,21)/b9-6+. The normalized spacial score (nSPS) is 12.7. The first-order chi connectivity index (χ1) is 12.2. The molecule has 3 rings (SSSR count). The van der Waals surface area contributed by atoms with Gasteiger partial charge < -0.3 is 24.3 Å². The zero-order chi connectivity index (χ0) is 17.6. The van der Waals surface area contributed by atoms with Crippen LogP contribution in [-0.4, -0.2) is 33.3 Å². The minimum absolute atomic E-state index is 0.262. The summed E-state index contributed by atoms with van der Waals surface area (Å²) in [4.78, 5) is 12.2. The number of methoxy groups -OCH3 is 2. The Kier molecular flexibility index (Phi) is 5.09. The molecule has 0 aromatic heterocycles. The molecule has 130 valence electrons. The summed E-state index contributed by atoms with van der Waals surface area (Å²) in [6.45, 7) is 1.03. The molecule has 1 N–H and O–H groups in total. The minimum Gasteiger partial charge on any atom is -0.493 e. The van der Waals surface area contributed by atoms with Crippen LogP contribution in [0.2, 0.25) is 0 Å². The zero-order valence-electron chi connectivity index (χ0n) is 14.1. The largest absolute Gasteiger partial charge is 0.493 e. The molecule has 25 heavy (non-hydrogen) atoms. The lowest BCUT2D eigenvalue weighted by Gasteiger charge is -2.18. The number of nitrogens with one attached hydrogen (secondary N) is 1. The van der Waals surface area contributed by atoms with Gasteiger partial charge in [-0.25, -0.2) is 0 Å². The maximum Gasteiger partial charge on any atom is 0.248 e. The van der Waals surface area contributed by atoms with E-state index in [1.165, 1.54) is 6.08 Å². The third kappa shape index (κ3) is 3.85. The number of rotatable bonds is 5. The summed E-state index contributed by atoms with van der Waals surface area (Å²) in [7, 11) is 3.13. The van der Waals surface area contributed by atoms with E-state index in [4.69, 9.17) is 18.9 Å². The van der Waals surface area contributed by atoms with E-state index in [9.17, 15) is 4.79 Å². The summed E-state index contributed by atoms with van der Waals surface area (Å²) < 4.78 is 21.6. The first-order valence-corrected chi connectivity index (χ1v) is 7.81. The van der Waals surface area contributed by atoms with Gasteiger partial charge in [-0.05, 0) is 24.3 Å². The third-order valence-electron chi connectivity index (χ3n) is 3.66. The number of hydrogen-bond donors (Lipinski definition) is 1. The highest BCUT2D eigenvalue weighted by molar-refractivity contribution is 6.02. The molecule has 6 heteroatoms. The molecule has 0 saturated carbocycles. The number of para-hydroxylation sites is 1. The fourth-order valence-corrected chi connectivity index (χ4v) is 2.51. The first kappa shape index (κ1) is 16.7. The van der Waals surface area contributed by atoms with Gasteiger partial charge in [-0.15, -0.1) is 0 Å². The van der Waals surface area contributed by atoms with Gasteiger partial charge in [-0.2, -0.15) is 0 Å². The van der Waals surface area contributed by atoms with Gasteiger partial charge >= 0.3 is 0 Å². The summed E-state index contributed by atoms with van der Waals surface area (Å²) >= 11 is 0. The highest BCUT2D eigenvalue weighted by Crippen LogP contribution is 2.33. The molecule has 0 aliphatic carbocycles. The Balaban J connectivity index is 1.71. The second kappa shape index (κ2) is 7.61. The summed E-state index contributed by atoms with van der Waals surface area (Å²) in [6, 6.07) is 10.8. The van der Waals surface area contributed by atoms with Crippen LogP contribution in [-0.2, 0) is 4.79 Å². The molecule has 0 saturated heterocycles. The van der Waals surface area contributed by atoms with Crippen molar-refractivity contribution in [1.82, 2.24) is 0 Å². The predicted molar refractivity (Wildman–Crippen MR) is 94.6 cm³/mol. The van der Waals surface area contributed by atoms with E-state index in [0.717, 1.165) is 5.56 Å². The molecule has 0 radical (unpaired) electrons. The molecule has 1 heterocycles. The van der Waals surface area contributed by atoms with Crippen LogP contribution in [0.4, 0.5) is 5.69 Å². The van der Waals surface area contributed by atoms with Crippen LogP contribution in [0, 0.1) is 0 Å². The van der Waals surface area contributed by atoms with E-state index in [1.54, 1.807) is 44.6 Å². The molecule has 0 fully saturated rings. The first-order valence-electron chi connectivity index (χ1n) is 7.81. The van der Waals surface area contributed by atoms with Crippen LogP contribution in [0.3, 0.4) is 0 Å². The molecule has 2 aromatic rings. The van der Waals surface area contributed by atoms with Crippen molar-refractivity contribution in [2.24, 2.45) is 0 Å². The van der Waals surface area contributed by atoms with Gasteiger partial charge in [0.15, 0.2) is 23.0 Å². The number of carbonyl (C=O) groups is 1. The Hall–Kier alpha value is -3.15. The molecule has 0 spiro atoms. The van der Waals surface area contributed by atoms with Crippen LogP contribution >= 0.6 is 0 Å². The number of carbonyl (C=O) groups excluding carboxylic acids is 1. The average Bonchev–Trinajstić information content (AvgIpc) is 2.65. The Morgan fingerprint density at radius 3 is 2.64 bits per heavy atom. The number of ether oxygens (including phenoxy) is 4. The van der Waals surface area contributed by atoms with Crippen molar-refractivity contribution in [2.45, 2.75) is 0 Å².